The van der Waals surface area contributed by atoms with Crippen molar-refractivity contribution in [3.63, 3.8) is 0 Å². The third kappa shape index (κ3) is 7.38. The molecule has 4 unspecified atom stereocenters. The average Bonchev–Trinajstić information content (AvgIpc) is 2.40. The highest BCUT2D eigenvalue weighted by atomic mass is 31.1. The van der Waals surface area contributed by atoms with E-state index in [1.807, 2.05) is 5.92 Å². The first-order valence-corrected chi connectivity index (χ1v) is 15.1. The predicted molar refractivity (Wildman–Crippen MR) is 141 cm³/mol. The van der Waals surface area contributed by atoms with Crippen molar-refractivity contribution in [2.45, 2.75) is 131 Å². The molecule has 0 heterocycles. The van der Waals surface area contributed by atoms with Crippen molar-refractivity contribution in [3.8, 4) is 0 Å². The normalized spacial score (nSPS) is 27.8. The Hall–Kier alpha value is 0.730. The predicted octanol–water partition coefficient (Wildman–Crippen LogP) is 9.65. The van der Waals surface area contributed by atoms with Crippen molar-refractivity contribution in [2.24, 2.45) is 23.7 Å². The molecule has 4 atom stereocenters. The minimum atomic E-state index is -0.0332. The lowest BCUT2D eigenvalue weighted by molar-refractivity contribution is 0.192. The van der Waals surface area contributed by atoms with Gasteiger partial charge in [0.25, 0.3) is 0 Å². The summed E-state index contributed by atoms with van der Waals surface area (Å²) >= 11 is 0. The summed E-state index contributed by atoms with van der Waals surface area (Å²) < 4.78 is 0. The fraction of sp³-hybridized carbons (Fsp3) is 0.963. The van der Waals surface area contributed by atoms with Gasteiger partial charge in [-0.25, -0.2) is 0 Å². The van der Waals surface area contributed by atoms with E-state index < -0.39 is 0 Å². The molecule has 0 spiro atoms. The Kier molecular flexibility index (Phi) is 8.91. The summed E-state index contributed by atoms with van der Waals surface area (Å²) in [6.07, 6.45) is 4.28. The molecular weight excluding hydrogens is 386 g/mol. The van der Waals surface area contributed by atoms with E-state index in [1.165, 1.54) is 18.7 Å². The second-order valence-electron chi connectivity index (χ2n) is 14.1. The Morgan fingerprint density at radius 1 is 0.586 bits per heavy atom. The van der Waals surface area contributed by atoms with Crippen LogP contribution in [0, 0.1) is 29.6 Å². The van der Waals surface area contributed by atoms with Gasteiger partial charge in [0.05, 0.1) is 12.8 Å². The van der Waals surface area contributed by atoms with Gasteiger partial charge in [-0.05, 0) is 27.0 Å². The van der Waals surface area contributed by atoms with E-state index in [4.69, 9.17) is 0 Å². The van der Waals surface area contributed by atoms with Crippen molar-refractivity contribution >= 4 is 15.8 Å². The first-order valence-electron chi connectivity index (χ1n) is 12.1. The molecule has 1 aliphatic rings. The third-order valence-corrected chi connectivity index (χ3v) is 15.3. The highest BCUT2D eigenvalue weighted by Gasteiger charge is 2.52. The molecule has 1 saturated carbocycles. The lowest BCUT2D eigenvalue weighted by atomic mass is 9.64. The van der Waals surface area contributed by atoms with Crippen LogP contribution in [0.1, 0.15) is 110 Å². The Balaban J connectivity index is 3.18. The molecule has 0 radical (unpaired) electrons. The maximum atomic E-state index is 2.55. The van der Waals surface area contributed by atoms with Crippen LogP contribution in [-0.2, 0) is 0 Å². The van der Waals surface area contributed by atoms with Gasteiger partial charge in [-0.1, -0.05) is 113 Å². The summed E-state index contributed by atoms with van der Waals surface area (Å²) in [5.41, 5.74) is 0. The molecule has 0 aliphatic heterocycles. The molecule has 1 rings (SSSR count). The molecule has 2 heteroatoms. The fourth-order valence-corrected chi connectivity index (χ4v) is 14.5. The SMILES string of the molecule is C[C+]1C(CP(C(C)(C)C)C(C)(C)C)C(C)CC(C)C1CP(C(C)(C)C)C(C)(C)C. The first kappa shape index (κ1) is 27.8. The smallest absolute Gasteiger partial charge is 0.0910 e. The molecule has 29 heavy (non-hydrogen) atoms. The molecule has 172 valence electrons. The maximum absolute atomic E-state index is 2.55. The third-order valence-electron chi connectivity index (χ3n) is 7.28. The first-order chi connectivity index (χ1) is 12.7. The van der Waals surface area contributed by atoms with Gasteiger partial charge in [-0.3, -0.25) is 0 Å². The Bertz CT molecular complexity index is 435. The second-order valence-corrected chi connectivity index (χ2v) is 21.9. The molecule has 0 bridgehead atoms. The Labute approximate surface area is 188 Å². The van der Waals surface area contributed by atoms with E-state index in [2.05, 4.69) is 104 Å². The van der Waals surface area contributed by atoms with Gasteiger partial charge in [-0.2, -0.15) is 0 Å². The topological polar surface area (TPSA) is 0 Å². The number of hydrogen-bond donors (Lipinski definition) is 0. The lowest BCUT2D eigenvalue weighted by Crippen LogP contribution is -2.42. The number of hydrogen-bond acceptors (Lipinski definition) is 0. The lowest BCUT2D eigenvalue weighted by Gasteiger charge is -2.48. The number of rotatable bonds is 4. The van der Waals surface area contributed by atoms with E-state index in [9.17, 15) is 0 Å². The Morgan fingerprint density at radius 2 is 0.828 bits per heavy atom. The molecule has 0 aromatic rings. The van der Waals surface area contributed by atoms with E-state index in [1.54, 1.807) is 0 Å². The van der Waals surface area contributed by atoms with Gasteiger partial charge in [0, 0.05) is 24.2 Å². The highest BCUT2D eigenvalue weighted by molar-refractivity contribution is 7.61. The summed E-state index contributed by atoms with van der Waals surface area (Å²) in [6.45, 7) is 37.6. The fourth-order valence-electron chi connectivity index (χ4n) is 6.24. The van der Waals surface area contributed by atoms with Crippen LogP contribution >= 0.6 is 15.8 Å². The van der Waals surface area contributed by atoms with Crippen molar-refractivity contribution < 1.29 is 0 Å². The molecule has 0 N–H and O–H groups in total. The quantitative estimate of drug-likeness (QED) is 0.301. The van der Waals surface area contributed by atoms with Crippen LogP contribution in [0.4, 0.5) is 0 Å². The van der Waals surface area contributed by atoms with Gasteiger partial charge in [0.15, 0.2) is 0 Å². The molecule has 0 nitrogen and oxygen atoms in total. The largest absolute Gasteiger partial charge is 0.107 e. The van der Waals surface area contributed by atoms with E-state index in [0.29, 0.717) is 20.6 Å². The van der Waals surface area contributed by atoms with Gasteiger partial charge in [0.1, 0.15) is 11.8 Å². The highest BCUT2D eigenvalue weighted by Crippen LogP contribution is 2.65. The summed E-state index contributed by atoms with van der Waals surface area (Å²) in [5, 5.41) is 1.70. The summed E-state index contributed by atoms with van der Waals surface area (Å²) in [7, 11) is -0.0664. The monoisotopic (exact) mass is 441 g/mol. The minimum Gasteiger partial charge on any atom is -0.0910 e. The van der Waals surface area contributed by atoms with Crippen molar-refractivity contribution in [3.05, 3.63) is 5.92 Å². The van der Waals surface area contributed by atoms with Crippen LogP contribution in [0.15, 0.2) is 0 Å². The maximum Gasteiger partial charge on any atom is 0.107 e. The zero-order chi connectivity index (χ0) is 23.2. The van der Waals surface area contributed by atoms with Gasteiger partial charge < -0.3 is 0 Å². The van der Waals surface area contributed by atoms with E-state index in [-0.39, 0.29) is 15.8 Å². The standard InChI is InChI=1S/C27H55P2/c1-19-16-20(2)23(18-29(26(10,11)12)27(13,14)15)21(3)22(19)17-28(24(4,5)6)25(7,8)9/h19-20,22-23H,16-18H2,1-15H3/q+1. The van der Waals surface area contributed by atoms with Crippen LogP contribution in [0.3, 0.4) is 0 Å². The van der Waals surface area contributed by atoms with Crippen LogP contribution in [-0.4, -0.2) is 32.9 Å². The van der Waals surface area contributed by atoms with Crippen LogP contribution in [0.5, 0.6) is 0 Å². The zero-order valence-electron chi connectivity index (χ0n) is 22.8. The summed E-state index contributed by atoms with van der Waals surface area (Å²) in [5.74, 6) is 5.17. The Morgan fingerprint density at radius 3 is 1.03 bits per heavy atom. The molecule has 0 saturated heterocycles. The van der Waals surface area contributed by atoms with Gasteiger partial charge in [0.2, 0.25) is 0 Å². The van der Waals surface area contributed by atoms with Crippen molar-refractivity contribution in [1.82, 2.24) is 0 Å². The molecule has 1 fully saturated rings. The molecule has 1 aliphatic carbocycles. The molecule has 0 aromatic heterocycles. The van der Waals surface area contributed by atoms with Crippen LogP contribution in [0.2, 0.25) is 0 Å². The zero-order valence-corrected chi connectivity index (χ0v) is 24.6. The molecule has 0 amide bonds. The summed E-state index contributed by atoms with van der Waals surface area (Å²) in [6, 6.07) is 0. The van der Waals surface area contributed by atoms with E-state index in [0.717, 1.165) is 23.7 Å². The van der Waals surface area contributed by atoms with Crippen LogP contribution < -0.4 is 0 Å². The van der Waals surface area contributed by atoms with Crippen molar-refractivity contribution in [1.29, 1.82) is 0 Å². The van der Waals surface area contributed by atoms with Crippen molar-refractivity contribution in [2.75, 3.05) is 12.3 Å². The summed E-state index contributed by atoms with van der Waals surface area (Å²) in [4.78, 5) is 0. The average molecular weight is 442 g/mol. The second kappa shape index (κ2) is 9.30. The van der Waals surface area contributed by atoms with Crippen LogP contribution in [0.25, 0.3) is 0 Å². The van der Waals surface area contributed by atoms with Gasteiger partial charge in [-0.15, -0.1) is 0 Å². The van der Waals surface area contributed by atoms with Gasteiger partial charge >= 0.3 is 0 Å². The molecular formula is C27H55P2+. The minimum absolute atomic E-state index is 0.0332. The van der Waals surface area contributed by atoms with E-state index >= 15 is 0 Å². The molecule has 0 aromatic carbocycles.